The maximum atomic E-state index is 9.38. The molecule has 0 aliphatic carbocycles. The molecule has 0 bridgehead atoms. The molecule has 3 heteroatoms. The molecule has 0 fully saturated rings. The van der Waals surface area contributed by atoms with Crippen LogP contribution in [0.5, 0.6) is 0 Å². The van der Waals surface area contributed by atoms with Gasteiger partial charge in [-0.2, -0.15) is 5.26 Å². The summed E-state index contributed by atoms with van der Waals surface area (Å²) in [4.78, 5) is 6.31. The molecule has 0 radical (unpaired) electrons. The minimum Gasteiger partial charge on any atom is -0.362 e. The Hall–Kier alpha value is -2.34. The van der Waals surface area contributed by atoms with Crippen molar-refractivity contribution in [1.82, 2.24) is 4.98 Å². The molecule has 0 N–H and O–H groups in total. The van der Waals surface area contributed by atoms with Crippen molar-refractivity contribution in [1.29, 1.82) is 5.26 Å². The van der Waals surface area contributed by atoms with Crippen LogP contribution in [0.3, 0.4) is 0 Å². The van der Waals surface area contributed by atoms with Crippen LogP contribution in [-0.2, 0) is 0 Å². The SMILES string of the molecule is Cc1cc(-c2ccccc2)c(C#N)c(N(C)C)n1. The van der Waals surface area contributed by atoms with Gasteiger partial charge < -0.3 is 4.90 Å². The third-order valence-electron chi connectivity index (χ3n) is 2.75. The van der Waals surface area contributed by atoms with Crippen LogP contribution in [0.25, 0.3) is 11.1 Å². The van der Waals surface area contributed by atoms with Gasteiger partial charge in [-0.1, -0.05) is 30.3 Å². The number of aromatic nitrogens is 1. The van der Waals surface area contributed by atoms with Crippen molar-refractivity contribution in [2.24, 2.45) is 0 Å². The van der Waals surface area contributed by atoms with E-state index in [2.05, 4.69) is 11.1 Å². The molecule has 0 saturated heterocycles. The fourth-order valence-electron chi connectivity index (χ4n) is 1.94. The number of pyridine rings is 1. The Morgan fingerprint density at radius 1 is 1.17 bits per heavy atom. The molecule has 0 unspecified atom stereocenters. The Morgan fingerprint density at radius 2 is 1.83 bits per heavy atom. The van der Waals surface area contributed by atoms with Crippen molar-refractivity contribution in [2.45, 2.75) is 6.92 Å². The Balaban J connectivity index is 2.72. The monoisotopic (exact) mass is 237 g/mol. The highest BCUT2D eigenvalue weighted by molar-refractivity contribution is 5.76. The Kier molecular flexibility index (Phi) is 3.29. The number of hydrogen-bond donors (Lipinski definition) is 0. The number of hydrogen-bond acceptors (Lipinski definition) is 3. The summed E-state index contributed by atoms with van der Waals surface area (Å²) in [6.07, 6.45) is 0. The number of nitrogens with zero attached hydrogens (tertiary/aromatic N) is 3. The molecule has 0 spiro atoms. The maximum absolute atomic E-state index is 9.38. The summed E-state index contributed by atoms with van der Waals surface area (Å²) in [7, 11) is 3.80. The Labute approximate surface area is 107 Å². The number of benzene rings is 1. The normalized spacial score (nSPS) is 9.89. The topological polar surface area (TPSA) is 39.9 Å². The molecule has 18 heavy (non-hydrogen) atoms. The van der Waals surface area contributed by atoms with E-state index < -0.39 is 0 Å². The standard InChI is InChI=1S/C15H15N3/c1-11-9-13(12-7-5-4-6-8-12)14(10-16)15(17-11)18(2)3/h4-9H,1-3H3. The van der Waals surface area contributed by atoms with Crippen LogP contribution in [-0.4, -0.2) is 19.1 Å². The fraction of sp³-hybridized carbons (Fsp3) is 0.200. The summed E-state index contributed by atoms with van der Waals surface area (Å²) in [5.74, 6) is 0.719. The van der Waals surface area contributed by atoms with Crippen LogP contribution in [0.4, 0.5) is 5.82 Å². The van der Waals surface area contributed by atoms with Crippen LogP contribution in [0.15, 0.2) is 36.4 Å². The summed E-state index contributed by atoms with van der Waals surface area (Å²) in [5, 5.41) is 9.38. The van der Waals surface area contributed by atoms with E-state index in [4.69, 9.17) is 0 Å². The van der Waals surface area contributed by atoms with Gasteiger partial charge in [-0.15, -0.1) is 0 Å². The zero-order chi connectivity index (χ0) is 13.1. The zero-order valence-electron chi connectivity index (χ0n) is 10.8. The number of nitriles is 1. The van der Waals surface area contributed by atoms with E-state index in [1.54, 1.807) is 0 Å². The van der Waals surface area contributed by atoms with Crippen molar-refractivity contribution in [2.75, 3.05) is 19.0 Å². The number of anilines is 1. The predicted octanol–water partition coefficient (Wildman–Crippen LogP) is 2.99. The zero-order valence-corrected chi connectivity index (χ0v) is 10.8. The first kappa shape index (κ1) is 12.1. The molecule has 0 saturated carbocycles. The summed E-state index contributed by atoms with van der Waals surface area (Å²) in [6, 6.07) is 14.2. The van der Waals surface area contributed by atoms with Gasteiger partial charge in [-0.3, -0.25) is 0 Å². The average molecular weight is 237 g/mol. The second kappa shape index (κ2) is 4.89. The first-order chi connectivity index (χ1) is 8.63. The van der Waals surface area contributed by atoms with Gasteiger partial charge >= 0.3 is 0 Å². The first-order valence-electron chi connectivity index (χ1n) is 5.78. The van der Waals surface area contributed by atoms with Crippen molar-refractivity contribution in [3.63, 3.8) is 0 Å². The van der Waals surface area contributed by atoms with E-state index in [0.29, 0.717) is 5.56 Å². The van der Waals surface area contributed by atoms with Gasteiger partial charge in [0.25, 0.3) is 0 Å². The van der Waals surface area contributed by atoms with Gasteiger partial charge in [0.2, 0.25) is 0 Å². The predicted molar refractivity (Wildman–Crippen MR) is 73.5 cm³/mol. The summed E-state index contributed by atoms with van der Waals surface area (Å²) >= 11 is 0. The molecule has 2 rings (SSSR count). The lowest BCUT2D eigenvalue weighted by atomic mass is 10.0. The van der Waals surface area contributed by atoms with E-state index >= 15 is 0 Å². The maximum Gasteiger partial charge on any atom is 0.146 e. The van der Waals surface area contributed by atoms with Gasteiger partial charge in [-0.05, 0) is 18.6 Å². The molecule has 1 aromatic heterocycles. The van der Waals surface area contributed by atoms with E-state index in [9.17, 15) is 5.26 Å². The van der Waals surface area contributed by atoms with Gasteiger partial charge in [0.15, 0.2) is 0 Å². The summed E-state index contributed by atoms with van der Waals surface area (Å²) < 4.78 is 0. The molecule has 0 atom stereocenters. The fourth-order valence-corrected chi connectivity index (χ4v) is 1.94. The quantitative estimate of drug-likeness (QED) is 0.806. The average Bonchev–Trinajstić information content (AvgIpc) is 2.38. The van der Waals surface area contributed by atoms with Crippen LogP contribution >= 0.6 is 0 Å². The second-order valence-electron chi connectivity index (χ2n) is 4.38. The third kappa shape index (κ3) is 2.18. The molecule has 2 aromatic rings. The highest BCUT2D eigenvalue weighted by Crippen LogP contribution is 2.29. The van der Waals surface area contributed by atoms with Gasteiger partial charge in [0, 0.05) is 25.4 Å². The van der Waals surface area contributed by atoms with Crippen LogP contribution in [0, 0.1) is 18.3 Å². The van der Waals surface area contributed by atoms with Gasteiger partial charge in [-0.25, -0.2) is 4.98 Å². The second-order valence-corrected chi connectivity index (χ2v) is 4.38. The van der Waals surface area contributed by atoms with Gasteiger partial charge in [0.1, 0.15) is 17.5 Å². The first-order valence-corrected chi connectivity index (χ1v) is 5.78. The van der Waals surface area contributed by atoms with Crippen LogP contribution < -0.4 is 4.90 Å². The third-order valence-corrected chi connectivity index (χ3v) is 2.75. The number of rotatable bonds is 2. The van der Waals surface area contributed by atoms with Crippen molar-refractivity contribution < 1.29 is 0 Å². The van der Waals surface area contributed by atoms with Crippen molar-refractivity contribution in [3.8, 4) is 17.2 Å². The van der Waals surface area contributed by atoms with Crippen LogP contribution in [0.2, 0.25) is 0 Å². The molecule has 90 valence electrons. The van der Waals surface area contributed by atoms with Crippen molar-refractivity contribution in [3.05, 3.63) is 47.7 Å². The minimum atomic E-state index is 0.622. The lowest BCUT2D eigenvalue weighted by Crippen LogP contribution is -2.13. The highest BCUT2D eigenvalue weighted by atomic mass is 15.1. The van der Waals surface area contributed by atoms with Crippen molar-refractivity contribution >= 4 is 5.82 Å². The molecule has 3 nitrogen and oxygen atoms in total. The molecular weight excluding hydrogens is 222 g/mol. The van der Waals surface area contributed by atoms with Gasteiger partial charge in [0.05, 0.1) is 0 Å². The van der Waals surface area contributed by atoms with E-state index in [1.165, 1.54) is 0 Å². The van der Waals surface area contributed by atoms with E-state index in [1.807, 2.05) is 62.3 Å². The summed E-state index contributed by atoms with van der Waals surface area (Å²) in [5.41, 5.74) is 3.52. The molecular formula is C15H15N3. The Bertz CT molecular complexity index is 595. The molecule has 0 amide bonds. The lowest BCUT2D eigenvalue weighted by molar-refractivity contribution is 1.04. The summed E-state index contributed by atoms with van der Waals surface area (Å²) in [6.45, 7) is 1.95. The minimum absolute atomic E-state index is 0.622. The van der Waals surface area contributed by atoms with Crippen LogP contribution in [0.1, 0.15) is 11.3 Å². The number of aryl methyl sites for hydroxylation is 1. The molecule has 1 aromatic carbocycles. The molecule has 1 heterocycles. The molecule has 0 aliphatic heterocycles. The molecule has 0 aliphatic rings. The smallest absolute Gasteiger partial charge is 0.146 e. The largest absolute Gasteiger partial charge is 0.362 e. The van der Waals surface area contributed by atoms with E-state index in [-0.39, 0.29) is 0 Å². The highest BCUT2D eigenvalue weighted by Gasteiger charge is 2.13. The lowest BCUT2D eigenvalue weighted by Gasteiger charge is -2.16. The Morgan fingerprint density at radius 3 is 2.39 bits per heavy atom. The van der Waals surface area contributed by atoms with E-state index in [0.717, 1.165) is 22.6 Å².